The Kier molecular flexibility index (Phi) is 8.96. The molecule has 1 heterocycles. The quantitative estimate of drug-likeness (QED) is 0.0649. The zero-order chi connectivity index (χ0) is 25.7. The SMILES string of the molecule is O=C(OCC1CO1)c1c(I)c(I)c(I)c(I)c1C(=O)Oc1c(F)c(F)c(S(=O)(=O)O)c(F)c1F. The Hall–Kier alpha value is -0.110. The van der Waals surface area contributed by atoms with E-state index < -0.39 is 61.5 Å². The topological polar surface area (TPSA) is 119 Å². The summed E-state index contributed by atoms with van der Waals surface area (Å²) in [4.78, 5) is 23.4. The lowest BCUT2D eigenvalue weighted by Gasteiger charge is -2.17. The molecule has 0 bridgehead atoms. The number of carbonyl (C=O) groups excluding carboxylic acids is 2. The second-order valence-electron chi connectivity index (χ2n) is 6.34. The van der Waals surface area contributed by atoms with Gasteiger partial charge in [-0.2, -0.15) is 17.2 Å². The van der Waals surface area contributed by atoms with Crippen LogP contribution >= 0.6 is 90.4 Å². The van der Waals surface area contributed by atoms with Gasteiger partial charge in [0.2, 0.25) is 17.4 Å². The van der Waals surface area contributed by atoms with Gasteiger partial charge in [0.25, 0.3) is 0 Å². The molecule has 0 spiro atoms. The fourth-order valence-electron chi connectivity index (χ4n) is 2.47. The van der Waals surface area contributed by atoms with Gasteiger partial charge < -0.3 is 14.2 Å². The molecule has 1 aliphatic heterocycles. The van der Waals surface area contributed by atoms with Crippen LogP contribution < -0.4 is 4.74 Å². The number of hydrogen-bond donors (Lipinski definition) is 1. The van der Waals surface area contributed by atoms with Crippen LogP contribution in [0.1, 0.15) is 20.7 Å². The summed E-state index contributed by atoms with van der Waals surface area (Å²) in [6, 6.07) is 0. The van der Waals surface area contributed by atoms with Gasteiger partial charge in [0, 0.05) is 14.3 Å². The van der Waals surface area contributed by atoms with Crippen molar-refractivity contribution in [2.75, 3.05) is 13.2 Å². The van der Waals surface area contributed by atoms with Crippen LogP contribution in [0.25, 0.3) is 0 Å². The Morgan fingerprint density at radius 1 is 0.882 bits per heavy atom. The third kappa shape index (κ3) is 5.57. The average molecular weight is 954 g/mol. The van der Waals surface area contributed by atoms with Gasteiger partial charge in [-0.25, -0.2) is 18.4 Å². The minimum Gasteiger partial charge on any atom is -0.459 e. The van der Waals surface area contributed by atoms with Gasteiger partial charge in [-0.15, -0.1) is 0 Å². The van der Waals surface area contributed by atoms with Gasteiger partial charge in [0.05, 0.1) is 17.7 Å². The molecule has 2 aromatic rings. The number of halogens is 8. The fourth-order valence-corrected chi connectivity index (χ4v) is 6.73. The predicted molar refractivity (Wildman–Crippen MR) is 138 cm³/mol. The molecule has 1 saturated heterocycles. The normalized spacial score (nSPS) is 15.3. The van der Waals surface area contributed by atoms with E-state index in [0.29, 0.717) is 13.7 Å². The summed E-state index contributed by atoms with van der Waals surface area (Å²) in [7, 11) is -5.70. The summed E-state index contributed by atoms with van der Waals surface area (Å²) in [5.74, 6) is -14.3. The summed E-state index contributed by atoms with van der Waals surface area (Å²) in [5, 5.41) is 0. The largest absolute Gasteiger partial charge is 0.459 e. The van der Waals surface area contributed by atoms with Gasteiger partial charge in [-0.1, -0.05) is 0 Å². The van der Waals surface area contributed by atoms with Crippen LogP contribution in [0.4, 0.5) is 17.6 Å². The minimum atomic E-state index is -5.70. The Morgan fingerprint density at radius 3 is 1.74 bits per heavy atom. The van der Waals surface area contributed by atoms with E-state index >= 15 is 0 Å². The second-order valence-corrected chi connectivity index (χ2v) is 12.0. The molecule has 2 aromatic carbocycles. The van der Waals surface area contributed by atoms with E-state index in [9.17, 15) is 35.6 Å². The zero-order valence-corrected chi connectivity index (χ0v) is 25.2. The molecule has 1 N–H and O–H groups in total. The van der Waals surface area contributed by atoms with Gasteiger partial charge in [0.15, 0.2) is 16.5 Å². The van der Waals surface area contributed by atoms with Crippen molar-refractivity contribution in [3.8, 4) is 5.75 Å². The predicted octanol–water partition coefficient (Wildman–Crippen LogP) is 4.68. The van der Waals surface area contributed by atoms with Gasteiger partial charge in [0.1, 0.15) is 12.7 Å². The molecular formula is C17H6F4I4O8S. The molecular weight excluding hydrogens is 948 g/mol. The lowest BCUT2D eigenvalue weighted by molar-refractivity contribution is 0.0467. The number of rotatable bonds is 6. The van der Waals surface area contributed by atoms with Crippen molar-refractivity contribution in [3.05, 3.63) is 48.7 Å². The maximum Gasteiger partial charge on any atom is 0.345 e. The average Bonchev–Trinajstić information content (AvgIpc) is 3.58. The lowest BCUT2D eigenvalue weighted by Crippen LogP contribution is -2.23. The van der Waals surface area contributed by atoms with Crippen LogP contribution in [-0.2, 0) is 19.6 Å². The number of hydrogen-bond acceptors (Lipinski definition) is 7. The molecule has 1 unspecified atom stereocenters. The molecule has 0 amide bonds. The third-order valence-electron chi connectivity index (χ3n) is 4.11. The Morgan fingerprint density at radius 2 is 1.32 bits per heavy atom. The van der Waals surface area contributed by atoms with Crippen molar-refractivity contribution < 1.29 is 54.3 Å². The molecule has 0 aromatic heterocycles. The monoisotopic (exact) mass is 954 g/mol. The molecule has 0 saturated carbocycles. The number of benzene rings is 2. The smallest absolute Gasteiger partial charge is 0.345 e. The highest BCUT2D eigenvalue weighted by molar-refractivity contribution is 14.1. The fraction of sp³-hybridized carbons (Fsp3) is 0.176. The first-order valence-corrected chi connectivity index (χ1v) is 14.1. The van der Waals surface area contributed by atoms with Crippen molar-refractivity contribution in [2.24, 2.45) is 0 Å². The van der Waals surface area contributed by atoms with Gasteiger partial charge in [-0.3, -0.25) is 4.55 Å². The molecule has 34 heavy (non-hydrogen) atoms. The van der Waals surface area contributed by atoms with Gasteiger partial charge in [-0.05, 0) is 90.4 Å². The highest BCUT2D eigenvalue weighted by atomic mass is 127. The van der Waals surface area contributed by atoms with Crippen LogP contribution in [-0.4, -0.2) is 44.2 Å². The maximum atomic E-state index is 14.4. The van der Waals surface area contributed by atoms with E-state index in [0.717, 1.165) is 0 Å². The molecule has 8 nitrogen and oxygen atoms in total. The third-order valence-corrected chi connectivity index (χ3v) is 12.4. The lowest BCUT2D eigenvalue weighted by atomic mass is 10.1. The van der Waals surface area contributed by atoms with E-state index in [1.807, 2.05) is 45.2 Å². The Bertz CT molecular complexity index is 1320. The molecule has 1 atom stereocenters. The molecule has 184 valence electrons. The molecule has 1 fully saturated rings. The van der Waals surface area contributed by atoms with E-state index in [2.05, 4.69) is 4.74 Å². The molecule has 0 aliphatic carbocycles. The van der Waals surface area contributed by atoms with E-state index in [-0.39, 0.29) is 25.4 Å². The van der Waals surface area contributed by atoms with E-state index in [1.165, 1.54) is 0 Å². The van der Waals surface area contributed by atoms with Crippen LogP contribution in [0.5, 0.6) is 5.75 Å². The standard InChI is InChI=1S/C17H6F4I4O8S/c18-6-8(20)15(34(28,29)30)9(21)7(19)14(6)33-17(27)5-4(16(26)32-2-3-1-31-3)10(22)12(24)13(25)11(5)23/h3H,1-2H2,(H,28,29,30). The van der Waals surface area contributed by atoms with Crippen molar-refractivity contribution in [2.45, 2.75) is 11.0 Å². The molecule has 1 aliphatic rings. The van der Waals surface area contributed by atoms with Crippen molar-refractivity contribution in [1.29, 1.82) is 0 Å². The first kappa shape index (κ1) is 28.5. The Balaban J connectivity index is 2.13. The molecule has 3 rings (SSSR count). The van der Waals surface area contributed by atoms with Crippen LogP contribution in [0.2, 0.25) is 0 Å². The van der Waals surface area contributed by atoms with Crippen molar-refractivity contribution in [1.82, 2.24) is 0 Å². The van der Waals surface area contributed by atoms with Crippen molar-refractivity contribution >= 4 is 112 Å². The van der Waals surface area contributed by atoms with Crippen molar-refractivity contribution in [3.63, 3.8) is 0 Å². The van der Waals surface area contributed by atoms with Crippen LogP contribution in [0.3, 0.4) is 0 Å². The molecule has 17 heteroatoms. The van der Waals surface area contributed by atoms with Gasteiger partial charge >= 0.3 is 22.1 Å². The number of carbonyl (C=O) groups is 2. The number of epoxide rings is 1. The summed E-state index contributed by atoms with van der Waals surface area (Å²) in [5.41, 5.74) is -0.827. The van der Waals surface area contributed by atoms with Crippen LogP contribution in [0.15, 0.2) is 4.90 Å². The van der Waals surface area contributed by atoms with Crippen LogP contribution in [0, 0.1) is 37.5 Å². The first-order valence-electron chi connectivity index (χ1n) is 8.38. The number of ether oxygens (including phenoxy) is 3. The summed E-state index contributed by atoms with van der Waals surface area (Å²) in [6.07, 6.45) is -0.311. The minimum absolute atomic E-state index is 0.110. The maximum absolute atomic E-state index is 14.4. The summed E-state index contributed by atoms with van der Waals surface area (Å²) >= 11 is 7.15. The highest BCUT2D eigenvalue weighted by Crippen LogP contribution is 2.36. The molecule has 0 radical (unpaired) electrons. The van der Waals surface area contributed by atoms with E-state index in [1.54, 1.807) is 45.2 Å². The highest BCUT2D eigenvalue weighted by Gasteiger charge is 2.36. The van der Waals surface area contributed by atoms with E-state index in [4.69, 9.17) is 14.0 Å². The zero-order valence-electron chi connectivity index (χ0n) is 15.7. The number of esters is 2. The first-order chi connectivity index (χ1) is 15.7. The summed E-state index contributed by atoms with van der Waals surface area (Å²) < 4.78 is 104. The summed E-state index contributed by atoms with van der Waals surface area (Å²) in [6.45, 7) is 0.246. The second kappa shape index (κ2) is 10.7. The Labute approximate surface area is 242 Å².